The highest BCUT2D eigenvalue weighted by Crippen LogP contribution is 2.34. The monoisotopic (exact) mass is 276 g/mol. The van der Waals surface area contributed by atoms with Crippen LogP contribution in [0.2, 0.25) is 0 Å². The minimum atomic E-state index is -0.641. The van der Waals surface area contributed by atoms with Gasteiger partial charge in [0, 0.05) is 4.90 Å². The van der Waals surface area contributed by atoms with Crippen LogP contribution in [0.25, 0.3) is 0 Å². The lowest BCUT2D eigenvalue weighted by Crippen LogP contribution is -2.43. The van der Waals surface area contributed by atoms with Gasteiger partial charge in [-0.25, -0.2) is 0 Å². The first-order chi connectivity index (χ1) is 9.08. The molecule has 19 heavy (non-hydrogen) atoms. The van der Waals surface area contributed by atoms with Crippen molar-refractivity contribution in [1.29, 1.82) is 5.26 Å². The first-order valence-corrected chi connectivity index (χ1v) is 7.35. The van der Waals surface area contributed by atoms with Crippen molar-refractivity contribution in [3.63, 3.8) is 0 Å². The highest BCUT2D eigenvalue weighted by atomic mass is 32.2. The fourth-order valence-corrected chi connectivity index (χ4v) is 2.05. The number of nitriles is 1. The maximum Gasteiger partial charge on any atom is 0.262 e. The van der Waals surface area contributed by atoms with Crippen LogP contribution in [0.3, 0.4) is 0 Å². The summed E-state index contributed by atoms with van der Waals surface area (Å²) in [5, 5.41) is 11.7. The van der Waals surface area contributed by atoms with Gasteiger partial charge in [-0.2, -0.15) is 5.26 Å². The van der Waals surface area contributed by atoms with Crippen LogP contribution in [0.1, 0.15) is 19.8 Å². The SMILES string of the molecule is CSc1ccc(O[C@H](C)C(=O)NC2(C#N)CC2)cc1. The predicted molar refractivity (Wildman–Crippen MR) is 74.0 cm³/mol. The first kappa shape index (κ1) is 13.8. The molecule has 0 aliphatic heterocycles. The highest BCUT2D eigenvalue weighted by molar-refractivity contribution is 7.98. The Hall–Kier alpha value is -1.67. The summed E-state index contributed by atoms with van der Waals surface area (Å²) in [6.45, 7) is 1.69. The second kappa shape index (κ2) is 5.54. The largest absolute Gasteiger partial charge is 0.481 e. The third-order valence-electron chi connectivity index (χ3n) is 3.07. The summed E-state index contributed by atoms with van der Waals surface area (Å²) in [7, 11) is 0. The quantitative estimate of drug-likeness (QED) is 0.839. The summed E-state index contributed by atoms with van der Waals surface area (Å²) < 4.78 is 5.56. The topological polar surface area (TPSA) is 62.1 Å². The number of ether oxygens (including phenoxy) is 1. The van der Waals surface area contributed by atoms with E-state index < -0.39 is 11.6 Å². The van der Waals surface area contributed by atoms with E-state index in [0.717, 1.165) is 17.7 Å². The lowest BCUT2D eigenvalue weighted by Gasteiger charge is -2.16. The number of hydrogen-bond acceptors (Lipinski definition) is 4. The summed E-state index contributed by atoms with van der Waals surface area (Å²) in [5.74, 6) is 0.412. The van der Waals surface area contributed by atoms with E-state index in [4.69, 9.17) is 10.00 Å². The van der Waals surface area contributed by atoms with Crippen LogP contribution in [0.15, 0.2) is 29.2 Å². The number of amides is 1. The minimum Gasteiger partial charge on any atom is -0.481 e. The van der Waals surface area contributed by atoms with Crippen LogP contribution in [0, 0.1) is 11.3 Å². The summed E-state index contributed by atoms with van der Waals surface area (Å²) in [6.07, 6.45) is 2.85. The molecule has 100 valence electrons. The zero-order valence-corrected chi connectivity index (χ0v) is 11.8. The van der Waals surface area contributed by atoms with Crippen LogP contribution in [0.4, 0.5) is 0 Å². The first-order valence-electron chi connectivity index (χ1n) is 6.12. The van der Waals surface area contributed by atoms with Crippen LogP contribution < -0.4 is 10.1 Å². The van der Waals surface area contributed by atoms with E-state index in [1.165, 1.54) is 0 Å². The van der Waals surface area contributed by atoms with Gasteiger partial charge in [-0.15, -0.1) is 11.8 Å². The molecule has 4 nitrogen and oxygen atoms in total. The molecule has 0 saturated heterocycles. The molecular weight excluding hydrogens is 260 g/mol. The fourth-order valence-electron chi connectivity index (χ4n) is 1.64. The van der Waals surface area contributed by atoms with Gasteiger partial charge in [0.15, 0.2) is 6.10 Å². The number of thioether (sulfide) groups is 1. The molecule has 1 fully saturated rings. The maximum atomic E-state index is 11.9. The fraction of sp³-hybridized carbons (Fsp3) is 0.429. The molecule has 0 bridgehead atoms. The van der Waals surface area contributed by atoms with Crippen molar-refractivity contribution in [1.82, 2.24) is 5.32 Å². The Bertz CT molecular complexity index is 503. The summed E-state index contributed by atoms with van der Waals surface area (Å²) >= 11 is 1.65. The zero-order chi connectivity index (χ0) is 13.9. The van der Waals surface area contributed by atoms with Crippen molar-refractivity contribution >= 4 is 17.7 Å². The van der Waals surface area contributed by atoms with Gasteiger partial charge < -0.3 is 10.1 Å². The number of carbonyl (C=O) groups is 1. The third kappa shape index (κ3) is 3.42. The van der Waals surface area contributed by atoms with E-state index in [1.54, 1.807) is 18.7 Å². The van der Waals surface area contributed by atoms with Crippen molar-refractivity contribution in [2.24, 2.45) is 0 Å². The second-order valence-electron chi connectivity index (χ2n) is 4.62. The van der Waals surface area contributed by atoms with Crippen molar-refractivity contribution in [2.75, 3.05) is 6.26 Å². The summed E-state index contributed by atoms with van der Waals surface area (Å²) in [4.78, 5) is 13.0. The standard InChI is InChI=1S/C14H16N2O2S/c1-10(13(17)16-14(9-15)7-8-14)18-11-3-5-12(19-2)6-4-11/h3-6,10H,7-8H2,1-2H3,(H,16,17)/t10-/m1/s1. The Labute approximate surface area is 117 Å². The predicted octanol–water partition coefficient (Wildman–Crippen LogP) is 2.35. The maximum absolute atomic E-state index is 11.9. The van der Waals surface area contributed by atoms with Crippen molar-refractivity contribution in [2.45, 2.75) is 36.3 Å². The number of nitrogens with zero attached hydrogens (tertiary/aromatic N) is 1. The minimum absolute atomic E-state index is 0.243. The molecule has 1 aromatic rings. The molecule has 2 rings (SSSR count). The number of nitrogens with one attached hydrogen (secondary N) is 1. The van der Waals surface area contributed by atoms with Gasteiger partial charge in [-0.3, -0.25) is 4.79 Å². The second-order valence-corrected chi connectivity index (χ2v) is 5.50. The molecule has 1 aliphatic rings. The summed E-state index contributed by atoms with van der Waals surface area (Å²) in [6, 6.07) is 9.70. The van der Waals surface area contributed by atoms with Gasteiger partial charge in [0.05, 0.1) is 6.07 Å². The van der Waals surface area contributed by atoms with Crippen LogP contribution in [-0.2, 0) is 4.79 Å². The molecule has 0 spiro atoms. The molecule has 1 saturated carbocycles. The van der Waals surface area contributed by atoms with Gasteiger partial charge in [0.2, 0.25) is 0 Å². The average Bonchev–Trinajstić information content (AvgIpc) is 3.20. The van der Waals surface area contributed by atoms with Crippen molar-refractivity contribution < 1.29 is 9.53 Å². The van der Waals surface area contributed by atoms with E-state index in [0.29, 0.717) is 5.75 Å². The normalized spacial score (nSPS) is 17.1. The van der Waals surface area contributed by atoms with Gasteiger partial charge in [-0.1, -0.05) is 0 Å². The Kier molecular flexibility index (Phi) is 4.01. The van der Waals surface area contributed by atoms with E-state index >= 15 is 0 Å². The van der Waals surface area contributed by atoms with Crippen LogP contribution in [0.5, 0.6) is 5.75 Å². The van der Waals surface area contributed by atoms with Crippen LogP contribution >= 0.6 is 11.8 Å². The molecule has 0 heterocycles. The molecular formula is C14H16N2O2S. The molecule has 0 unspecified atom stereocenters. The molecule has 0 aromatic heterocycles. The Morgan fingerprint density at radius 2 is 2.11 bits per heavy atom. The number of rotatable bonds is 5. The molecule has 5 heteroatoms. The zero-order valence-electron chi connectivity index (χ0n) is 11.0. The molecule has 1 amide bonds. The highest BCUT2D eigenvalue weighted by Gasteiger charge is 2.45. The van der Waals surface area contributed by atoms with E-state index in [1.807, 2.05) is 30.5 Å². The molecule has 1 N–H and O–H groups in total. The van der Waals surface area contributed by atoms with Gasteiger partial charge in [-0.05, 0) is 50.3 Å². The third-order valence-corrected chi connectivity index (χ3v) is 3.81. The molecule has 1 aromatic carbocycles. The lowest BCUT2D eigenvalue weighted by atomic mass is 10.2. The van der Waals surface area contributed by atoms with Gasteiger partial charge >= 0.3 is 0 Å². The summed E-state index contributed by atoms with van der Waals surface area (Å²) in [5.41, 5.74) is -0.641. The average molecular weight is 276 g/mol. The molecule has 0 radical (unpaired) electrons. The van der Waals surface area contributed by atoms with E-state index in [-0.39, 0.29) is 5.91 Å². The number of carbonyl (C=O) groups excluding carboxylic acids is 1. The number of hydrogen-bond donors (Lipinski definition) is 1. The number of benzene rings is 1. The lowest BCUT2D eigenvalue weighted by molar-refractivity contribution is -0.127. The van der Waals surface area contributed by atoms with Crippen molar-refractivity contribution in [3.8, 4) is 11.8 Å². The van der Waals surface area contributed by atoms with Gasteiger partial charge in [0.1, 0.15) is 11.3 Å². The van der Waals surface area contributed by atoms with E-state index in [2.05, 4.69) is 11.4 Å². The molecule has 1 aliphatic carbocycles. The molecule has 1 atom stereocenters. The Morgan fingerprint density at radius 1 is 1.47 bits per heavy atom. The smallest absolute Gasteiger partial charge is 0.262 e. The van der Waals surface area contributed by atoms with Crippen molar-refractivity contribution in [3.05, 3.63) is 24.3 Å². The Balaban J connectivity index is 1.91. The van der Waals surface area contributed by atoms with Crippen LogP contribution in [-0.4, -0.2) is 23.8 Å². The van der Waals surface area contributed by atoms with Gasteiger partial charge in [0.25, 0.3) is 5.91 Å². The Morgan fingerprint density at radius 3 is 2.58 bits per heavy atom. The van der Waals surface area contributed by atoms with E-state index in [9.17, 15) is 4.79 Å².